The quantitative estimate of drug-likeness (QED) is 0.326. The van der Waals surface area contributed by atoms with Gasteiger partial charge >= 0.3 is 0 Å². The summed E-state index contributed by atoms with van der Waals surface area (Å²) in [7, 11) is -1.98. The van der Waals surface area contributed by atoms with E-state index in [-0.39, 0.29) is 15.5 Å². The fraction of sp³-hybridized carbons (Fsp3) is 0.571. The molecule has 3 aliphatic heterocycles. The van der Waals surface area contributed by atoms with Gasteiger partial charge < -0.3 is 24.0 Å². The van der Waals surface area contributed by atoms with Crippen molar-refractivity contribution < 1.29 is 22.1 Å². The molecule has 0 spiro atoms. The summed E-state index contributed by atoms with van der Waals surface area (Å²) in [6, 6.07) is 10.3. The molecule has 1 atom stereocenters. The van der Waals surface area contributed by atoms with Crippen LogP contribution in [0.4, 0.5) is 10.1 Å². The summed E-state index contributed by atoms with van der Waals surface area (Å²) in [4.78, 5) is 14.8. The Bertz CT molecular complexity index is 1680. The van der Waals surface area contributed by atoms with Crippen molar-refractivity contribution in [3.8, 4) is 5.75 Å². The molecule has 2 aromatic carbocycles. The number of aromatic nitrogens is 1. The van der Waals surface area contributed by atoms with Gasteiger partial charge in [-0.15, -0.1) is 0 Å². The number of ether oxygens (including phenoxy) is 1. The van der Waals surface area contributed by atoms with E-state index in [9.17, 15) is 13.0 Å². The van der Waals surface area contributed by atoms with Gasteiger partial charge in [0.25, 0.3) is 0 Å². The minimum atomic E-state index is -4.17. The maximum Gasteiger partial charge on any atom is 0.210 e. The van der Waals surface area contributed by atoms with Gasteiger partial charge in [-0.1, -0.05) is 0 Å². The average molecular weight is 686 g/mol. The first-order valence-electron chi connectivity index (χ1n) is 16.7. The molecule has 3 fully saturated rings. The third-order valence-corrected chi connectivity index (χ3v) is 12.5. The van der Waals surface area contributed by atoms with Crippen molar-refractivity contribution >= 4 is 37.6 Å². The molecule has 0 amide bonds. The maximum absolute atomic E-state index is 15.2. The molecule has 0 N–H and O–H groups in total. The molecule has 0 aliphatic carbocycles. The topological polar surface area (TPSA) is 92.3 Å². The van der Waals surface area contributed by atoms with E-state index in [0.717, 1.165) is 58.2 Å². The Morgan fingerprint density at radius 2 is 1.51 bits per heavy atom. The van der Waals surface area contributed by atoms with E-state index >= 15 is 4.39 Å². The normalized spacial score (nSPS) is 21.0. The van der Waals surface area contributed by atoms with Gasteiger partial charge in [-0.05, 0) is 108 Å². The first-order chi connectivity index (χ1) is 22.3. The van der Waals surface area contributed by atoms with Gasteiger partial charge in [0.2, 0.25) is 9.84 Å². The Balaban J connectivity index is 1.25. The van der Waals surface area contributed by atoms with Crippen molar-refractivity contribution in [3.05, 3.63) is 48.4 Å². The fourth-order valence-electron chi connectivity index (χ4n) is 7.29. The monoisotopic (exact) mass is 685 g/mol. The lowest BCUT2D eigenvalue weighted by atomic mass is 9.96. The maximum atomic E-state index is 15.2. The summed E-state index contributed by atoms with van der Waals surface area (Å²) in [5, 5.41) is 0.637. The average Bonchev–Trinajstić information content (AvgIpc) is 3.04. The Kier molecular flexibility index (Phi) is 10.1. The number of hydrogen-bond donors (Lipinski definition) is 0. The van der Waals surface area contributed by atoms with Crippen LogP contribution in [0.3, 0.4) is 0 Å². The van der Waals surface area contributed by atoms with Crippen LogP contribution in [0.5, 0.6) is 5.75 Å². The zero-order valence-electron chi connectivity index (χ0n) is 28.2. The number of likely N-dealkylation sites (N-methyl/N-ethyl adjacent to an activating group) is 1. The Labute approximate surface area is 282 Å². The molecule has 0 bridgehead atoms. The van der Waals surface area contributed by atoms with Gasteiger partial charge in [0.15, 0.2) is 16.5 Å². The van der Waals surface area contributed by atoms with E-state index in [4.69, 9.17) is 4.74 Å². The lowest BCUT2D eigenvalue weighted by Crippen LogP contribution is -2.54. The molecule has 0 radical (unpaired) electrons. The van der Waals surface area contributed by atoms with Crippen LogP contribution >= 0.6 is 0 Å². The third kappa shape index (κ3) is 7.58. The second-order valence-electron chi connectivity index (χ2n) is 14.2. The minimum absolute atomic E-state index is 0.00184. The number of hydrogen-bond acceptors (Lipinski definition) is 9. The molecule has 12 heteroatoms. The molecular formula is C35H48FN5O4S2. The van der Waals surface area contributed by atoms with Crippen LogP contribution in [0, 0.1) is 5.82 Å². The number of pyridine rings is 1. The van der Waals surface area contributed by atoms with Crippen LogP contribution in [0.15, 0.2) is 57.3 Å². The van der Waals surface area contributed by atoms with Crippen LogP contribution in [0.2, 0.25) is 0 Å². The lowest BCUT2D eigenvalue weighted by molar-refractivity contribution is 0.0495. The van der Waals surface area contributed by atoms with E-state index < -0.39 is 32.4 Å². The molecule has 3 aromatic rings. The second-order valence-corrected chi connectivity index (χ2v) is 17.5. The number of halogens is 1. The molecule has 9 nitrogen and oxygen atoms in total. The van der Waals surface area contributed by atoms with E-state index in [2.05, 4.69) is 31.6 Å². The summed E-state index contributed by atoms with van der Waals surface area (Å²) in [5.41, 5.74) is 0.534. The number of sulfone groups is 1. The highest BCUT2D eigenvalue weighted by molar-refractivity contribution is 7.91. The number of piperidine rings is 2. The summed E-state index contributed by atoms with van der Waals surface area (Å²) in [6.07, 6.45) is 7.20. The largest absolute Gasteiger partial charge is 0.612 e. The molecule has 0 saturated carbocycles. The van der Waals surface area contributed by atoms with Gasteiger partial charge in [0.05, 0.1) is 16.1 Å². The molecule has 256 valence electrons. The molecule has 1 unspecified atom stereocenters. The van der Waals surface area contributed by atoms with Crippen LogP contribution in [0.25, 0.3) is 10.9 Å². The Morgan fingerprint density at radius 1 is 0.894 bits per heavy atom. The lowest BCUT2D eigenvalue weighted by Gasteiger charge is -2.46. The number of anilines is 1. The molecule has 3 saturated heterocycles. The highest BCUT2D eigenvalue weighted by Crippen LogP contribution is 2.39. The molecule has 47 heavy (non-hydrogen) atoms. The first-order valence-corrected chi connectivity index (χ1v) is 19.8. The summed E-state index contributed by atoms with van der Waals surface area (Å²) >= 11 is -1.26. The standard InChI is InChI=1S/C35H48FN5O4S2/c1-35(2,3)45-32-9-7-28(23-30(32)36)47(43,44)33-24-37-31-8-6-27(46(5)42)22-29(31)34(33)41-16-12-25(13-17-41)39-14-10-26(11-15-39)40-20-18-38(4)19-21-40/h6-9,22-26H,10-21H2,1-5H3. The smallest absolute Gasteiger partial charge is 0.210 e. The van der Waals surface area contributed by atoms with Crippen LogP contribution < -0.4 is 9.64 Å². The summed E-state index contributed by atoms with van der Waals surface area (Å²) in [5.74, 6) is -0.741. The van der Waals surface area contributed by atoms with E-state index in [1.54, 1.807) is 24.5 Å². The Morgan fingerprint density at radius 3 is 2.11 bits per heavy atom. The number of benzene rings is 2. The summed E-state index contributed by atoms with van der Waals surface area (Å²) in [6.45, 7) is 13.5. The Hall–Kier alpha value is -2.48. The highest BCUT2D eigenvalue weighted by Gasteiger charge is 2.34. The molecule has 4 heterocycles. The number of piperazine rings is 1. The van der Waals surface area contributed by atoms with E-state index in [1.165, 1.54) is 31.2 Å². The zero-order valence-corrected chi connectivity index (χ0v) is 29.9. The highest BCUT2D eigenvalue weighted by atomic mass is 32.2. The van der Waals surface area contributed by atoms with Crippen molar-refractivity contribution in [2.45, 2.75) is 78.8 Å². The fourth-order valence-corrected chi connectivity index (χ4v) is 9.28. The number of likely N-dealkylation sites (tertiary alicyclic amines) is 1. The van der Waals surface area contributed by atoms with Crippen LogP contribution in [-0.4, -0.2) is 116 Å². The van der Waals surface area contributed by atoms with Gasteiger partial charge in [-0.25, -0.2) is 12.8 Å². The molecule has 6 rings (SSSR count). The second kappa shape index (κ2) is 13.8. The van der Waals surface area contributed by atoms with Gasteiger partial charge in [-0.3, -0.25) is 9.88 Å². The van der Waals surface area contributed by atoms with Crippen molar-refractivity contribution in [1.29, 1.82) is 0 Å². The van der Waals surface area contributed by atoms with Gasteiger partial charge in [0, 0.05) is 69.0 Å². The number of nitrogens with zero attached hydrogens (tertiary/aromatic N) is 5. The number of rotatable bonds is 7. The predicted octanol–water partition coefficient (Wildman–Crippen LogP) is 4.80. The van der Waals surface area contributed by atoms with E-state index in [1.807, 2.05) is 20.8 Å². The zero-order chi connectivity index (χ0) is 33.5. The van der Waals surface area contributed by atoms with Crippen molar-refractivity contribution in [1.82, 2.24) is 19.7 Å². The van der Waals surface area contributed by atoms with Crippen molar-refractivity contribution in [2.75, 3.05) is 70.6 Å². The first kappa shape index (κ1) is 34.4. The molecular weight excluding hydrogens is 638 g/mol. The molecule has 1 aromatic heterocycles. The van der Waals surface area contributed by atoms with E-state index in [0.29, 0.717) is 46.7 Å². The summed E-state index contributed by atoms with van der Waals surface area (Å²) < 4.78 is 61.9. The third-order valence-electron chi connectivity index (χ3n) is 9.88. The van der Waals surface area contributed by atoms with Crippen molar-refractivity contribution in [3.63, 3.8) is 0 Å². The minimum Gasteiger partial charge on any atom is -0.612 e. The van der Waals surface area contributed by atoms with Crippen LogP contribution in [-0.2, 0) is 21.0 Å². The van der Waals surface area contributed by atoms with Gasteiger partial charge in [-0.2, -0.15) is 0 Å². The SMILES string of the molecule is CN1CCN(C2CCN(C3CCN(c4c(S(=O)(=O)c5ccc(OC(C)(C)C)c(F)c5)cnc5ccc([S+](C)[O-])cc45)CC3)CC2)CC1. The molecule has 3 aliphatic rings. The van der Waals surface area contributed by atoms with Crippen LogP contribution in [0.1, 0.15) is 46.5 Å². The predicted molar refractivity (Wildman–Crippen MR) is 185 cm³/mol. The van der Waals surface area contributed by atoms with Crippen molar-refractivity contribution in [2.24, 2.45) is 0 Å². The van der Waals surface area contributed by atoms with Gasteiger partial charge in [0.1, 0.15) is 16.8 Å². The number of fused-ring (bicyclic) bond motifs is 1.